The second kappa shape index (κ2) is 7.32. The zero-order valence-electron chi connectivity index (χ0n) is 12.8. The van der Waals surface area contributed by atoms with Crippen molar-refractivity contribution in [1.82, 2.24) is 0 Å². The largest absolute Gasteiger partial charge is 0.325 e. The molecular formula is C18H21NOS. The van der Waals surface area contributed by atoms with Crippen molar-refractivity contribution in [2.24, 2.45) is 0 Å². The van der Waals surface area contributed by atoms with Crippen LogP contribution < -0.4 is 5.32 Å². The summed E-state index contributed by atoms with van der Waals surface area (Å²) in [4.78, 5) is 12.0. The Morgan fingerprint density at radius 3 is 2.48 bits per heavy atom. The third-order valence-electron chi connectivity index (χ3n) is 3.50. The highest BCUT2D eigenvalue weighted by Gasteiger charge is 2.06. The van der Waals surface area contributed by atoms with E-state index in [-0.39, 0.29) is 5.91 Å². The molecule has 0 radical (unpaired) electrons. The molecule has 0 aliphatic carbocycles. The van der Waals surface area contributed by atoms with Crippen molar-refractivity contribution in [2.75, 3.05) is 11.1 Å². The lowest BCUT2D eigenvalue weighted by Crippen LogP contribution is -2.15. The van der Waals surface area contributed by atoms with Crippen LogP contribution in [0.15, 0.2) is 42.5 Å². The van der Waals surface area contributed by atoms with Gasteiger partial charge in [0.05, 0.1) is 5.75 Å². The van der Waals surface area contributed by atoms with Gasteiger partial charge in [-0.2, -0.15) is 0 Å². The van der Waals surface area contributed by atoms with Gasteiger partial charge in [0.1, 0.15) is 0 Å². The summed E-state index contributed by atoms with van der Waals surface area (Å²) in [7, 11) is 0. The van der Waals surface area contributed by atoms with Crippen LogP contribution in [0.25, 0.3) is 0 Å². The summed E-state index contributed by atoms with van der Waals surface area (Å²) >= 11 is 1.64. The Morgan fingerprint density at radius 1 is 1.05 bits per heavy atom. The van der Waals surface area contributed by atoms with Gasteiger partial charge in [0.25, 0.3) is 0 Å². The summed E-state index contributed by atoms with van der Waals surface area (Å²) in [5.74, 6) is 1.39. The first kappa shape index (κ1) is 15.6. The normalized spacial score (nSPS) is 10.4. The average molecular weight is 299 g/mol. The maximum atomic E-state index is 12.0. The van der Waals surface area contributed by atoms with E-state index in [4.69, 9.17) is 0 Å². The van der Waals surface area contributed by atoms with Crippen LogP contribution in [0.5, 0.6) is 0 Å². The summed E-state index contributed by atoms with van der Waals surface area (Å²) < 4.78 is 0. The van der Waals surface area contributed by atoms with Crippen molar-refractivity contribution in [1.29, 1.82) is 0 Å². The Hall–Kier alpha value is -1.74. The molecule has 0 saturated carbocycles. The highest BCUT2D eigenvalue weighted by Crippen LogP contribution is 2.19. The molecule has 2 aromatic rings. The van der Waals surface area contributed by atoms with E-state index in [9.17, 15) is 4.79 Å². The fourth-order valence-electron chi connectivity index (χ4n) is 2.02. The molecule has 0 fully saturated rings. The number of benzene rings is 2. The molecule has 0 aliphatic heterocycles. The van der Waals surface area contributed by atoms with E-state index in [2.05, 4.69) is 49.5 Å². The first-order chi connectivity index (χ1) is 10.1. The first-order valence-electron chi connectivity index (χ1n) is 7.05. The Bertz CT molecular complexity index is 620. The number of hydrogen-bond donors (Lipinski definition) is 1. The Balaban J connectivity index is 1.82. The molecule has 0 aliphatic rings. The van der Waals surface area contributed by atoms with Gasteiger partial charge in [0, 0.05) is 11.4 Å². The number of carbonyl (C=O) groups is 1. The zero-order chi connectivity index (χ0) is 15.2. The average Bonchev–Trinajstić information content (AvgIpc) is 2.46. The summed E-state index contributed by atoms with van der Waals surface area (Å²) in [6.07, 6.45) is 0. The molecule has 0 atom stereocenters. The molecule has 2 aromatic carbocycles. The van der Waals surface area contributed by atoms with Crippen molar-refractivity contribution >= 4 is 23.4 Å². The molecule has 0 aromatic heterocycles. The van der Waals surface area contributed by atoms with Crippen molar-refractivity contribution in [3.05, 3.63) is 64.7 Å². The van der Waals surface area contributed by atoms with Crippen LogP contribution in [0.1, 0.15) is 22.3 Å². The predicted octanol–water partition coefficient (Wildman–Crippen LogP) is 4.48. The van der Waals surface area contributed by atoms with E-state index in [1.165, 1.54) is 16.7 Å². The number of carbonyl (C=O) groups excluding carboxylic acids is 1. The number of rotatable bonds is 5. The van der Waals surface area contributed by atoms with Crippen LogP contribution >= 0.6 is 11.8 Å². The molecular weight excluding hydrogens is 278 g/mol. The maximum absolute atomic E-state index is 12.0. The SMILES string of the molecule is Cc1ccc(CSCC(=O)Nc2cccc(C)c2C)cc1. The fraction of sp³-hybridized carbons (Fsp3) is 0.278. The molecule has 21 heavy (non-hydrogen) atoms. The Kier molecular flexibility index (Phi) is 5.45. The molecule has 0 spiro atoms. The van der Waals surface area contributed by atoms with Crippen molar-refractivity contribution in [3.8, 4) is 0 Å². The summed E-state index contributed by atoms with van der Waals surface area (Å²) in [6.45, 7) is 6.16. The summed E-state index contributed by atoms with van der Waals surface area (Å²) in [5.41, 5.74) is 5.76. The molecule has 0 heterocycles. The molecule has 1 N–H and O–H groups in total. The summed E-state index contributed by atoms with van der Waals surface area (Å²) in [5, 5.41) is 2.99. The minimum Gasteiger partial charge on any atom is -0.325 e. The van der Waals surface area contributed by atoms with Crippen LogP contribution in [-0.4, -0.2) is 11.7 Å². The number of aryl methyl sites for hydroxylation is 2. The highest BCUT2D eigenvalue weighted by atomic mass is 32.2. The molecule has 1 amide bonds. The van der Waals surface area contributed by atoms with Gasteiger partial charge in [-0.15, -0.1) is 11.8 Å². The molecule has 0 unspecified atom stereocenters. The Morgan fingerprint density at radius 2 is 1.76 bits per heavy atom. The van der Waals surface area contributed by atoms with E-state index in [1.807, 2.05) is 19.1 Å². The minimum absolute atomic E-state index is 0.0563. The van der Waals surface area contributed by atoms with E-state index >= 15 is 0 Å². The van der Waals surface area contributed by atoms with Crippen LogP contribution in [0.3, 0.4) is 0 Å². The van der Waals surface area contributed by atoms with Gasteiger partial charge in [-0.1, -0.05) is 42.0 Å². The Labute approximate surface area is 131 Å². The van der Waals surface area contributed by atoms with E-state index in [0.717, 1.165) is 17.0 Å². The van der Waals surface area contributed by atoms with Crippen LogP contribution in [-0.2, 0) is 10.5 Å². The number of thioether (sulfide) groups is 1. The quantitative estimate of drug-likeness (QED) is 0.881. The standard InChI is InChI=1S/C18H21NOS/c1-13-7-9-16(10-8-13)11-21-12-18(20)19-17-6-4-5-14(2)15(17)3/h4-10H,11-12H2,1-3H3,(H,19,20). The lowest BCUT2D eigenvalue weighted by atomic mass is 10.1. The lowest BCUT2D eigenvalue weighted by molar-refractivity contribution is -0.113. The number of hydrogen-bond acceptors (Lipinski definition) is 2. The number of amides is 1. The number of nitrogens with one attached hydrogen (secondary N) is 1. The minimum atomic E-state index is 0.0563. The third-order valence-corrected chi connectivity index (χ3v) is 4.50. The highest BCUT2D eigenvalue weighted by molar-refractivity contribution is 7.99. The van der Waals surface area contributed by atoms with Gasteiger partial charge in [0.15, 0.2) is 0 Å². The third kappa shape index (κ3) is 4.64. The van der Waals surface area contributed by atoms with Gasteiger partial charge < -0.3 is 5.32 Å². The van der Waals surface area contributed by atoms with E-state index in [0.29, 0.717) is 5.75 Å². The number of anilines is 1. The maximum Gasteiger partial charge on any atom is 0.234 e. The van der Waals surface area contributed by atoms with Crippen LogP contribution in [0.2, 0.25) is 0 Å². The molecule has 110 valence electrons. The zero-order valence-corrected chi connectivity index (χ0v) is 13.6. The second-order valence-corrected chi connectivity index (χ2v) is 6.26. The predicted molar refractivity (Wildman–Crippen MR) is 91.9 cm³/mol. The molecule has 0 bridgehead atoms. The van der Waals surface area contributed by atoms with Crippen molar-refractivity contribution < 1.29 is 4.79 Å². The van der Waals surface area contributed by atoms with Crippen LogP contribution in [0.4, 0.5) is 5.69 Å². The van der Waals surface area contributed by atoms with Crippen molar-refractivity contribution in [2.45, 2.75) is 26.5 Å². The molecule has 2 rings (SSSR count). The first-order valence-corrected chi connectivity index (χ1v) is 8.21. The van der Waals surface area contributed by atoms with E-state index < -0.39 is 0 Å². The van der Waals surface area contributed by atoms with Gasteiger partial charge in [-0.25, -0.2) is 0 Å². The van der Waals surface area contributed by atoms with Gasteiger partial charge in [-0.05, 0) is 43.5 Å². The van der Waals surface area contributed by atoms with Gasteiger partial charge in [0.2, 0.25) is 5.91 Å². The fourth-order valence-corrected chi connectivity index (χ4v) is 2.81. The van der Waals surface area contributed by atoms with Crippen molar-refractivity contribution in [3.63, 3.8) is 0 Å². The van der Waals surface area contributed by atoms with Gasteiger partial charge >= 0.3 is 0 Å². The molecule has 2 nitrogen and oxygen atoms in total. The van der Waals surface area contributed by atoms with Gasteiger partial charge in [-0.3, -0.25) is 4.79 Å². The molecule has 3 heteroatoms. The smallest absolute Gasteiger partial charge is 0.234 e. The summed E-state index contributed by atoms with van der Waals surface area (Å²) in [6, 6.07) is 14.4. The van der Waals surface area contributed by atoms with Crippen LogP contribution in [0, 0.1) is 20.8 Å². The topological polar surface area (TPSA) is 29.1 Å². The lowest BCUT2D eigenvalue weighted by Gasteiger charge is -2.10. The van der Waals surface area contributed by atoms with E-state index in [1.54, 1.807) is 11.8 Å². The monoisotopic (exact) mass is 299 g/mol. The second-order valence-electron chi connectivity index (χ2n) is 5.27. The molecule has 0 saturated heterocycles.